The van der Waals surface area contributed by atoms with E-state index in [4.69, 9.17) is 9.47 Å². The van der Waals surface area contributed by atoms with Gasteiger partial charge < -0.3 is 9.47 Å². The van der Waals surface area contributed by atoms with Crippen molar-refractivity contribution < 1.29 is 14.3 Å². The Labute approximate surface area is 114 Å². The van der Waals surface area contributed by atoms with Gasteiger partial charge in [0.15, 0.2) is 0 Å². The first-order valence-corrected chi connectivity index (χ1v) is 6.75. The van der Waals surface area contributed by atoms with Gasteiger partial charge >= 0.3 is 5.97 Å². The van der Waals surface area contributed by atoms with Crippen molar-refractivity contribution in [1.29, 1.82) is 0 Å². The number of aryl methyl sites for hydroxylation is 1. The molecule has 0 spiro atoms. The fraction of sp³-hybridized carbons (Fsp3) is 0.533. The molecular formula is C15H21NO3. The number of nitrogens with zero attached hydrogens (tertiary/aromatic N) is 1. The Hall–Kier alpha value is -1.39. The first-order chi connectivity index (χ1) is 9.31. The molecule has 1 atom stereocenters. The lowest BCUT2D eigenvalue weighted by Gasteiger charge is -2.33. The maximum atomic E-state index is 11.7. The summed E-state index contributed by atoms with van der Waals surface area (Å²) in [5.74, 6) is -0.195. The molecule has 1 heterocycles. The number of carbonyl (C=O) groups is 1. The van der Waals surface area contributed by atoms with Crippen molar-refractivity contribution in [2.75, 3.05) is 33.4 Å². The molecule has 0 radical (unpaired) electrons. The molecule has 19 heavy (non-hydrogen) atoms. The largest absolute Gasteiger partial charge is 0.468 e. The van der Waals surface area contributed by atoms with E-state index in [9.17, 15) is 4.79 Å². The molecular weight excluding hydrogens is 242 g/mol. The van der Waals surface area contributed by atoms with Crippen molar-refractivity contribution in [2.45, 2.75) is 18.9 Å². The fourth-order valence-corrected chi connectivity index (χ4v) is 2.39. The van der Waals surface area contributed by atoms with Crippen LogP contribution in [0.5, 0.6) is 0 Å². The average Bonchev–Trinajstić information content (AvgIpc) is 2.48. The number of ether oxygens (including phenoxy) is 2. The second kappa shape index (κ2) is 7.26. The Morgan fingerprint density at radius 2 is 2.21 bits per heavy atom. The molecule has 1 aliphatic heterocycles. The van der Waals surface area contributed by atoms with Crippen LogP contribution in [0.4, 0.5) is 0 Å². The number of benzene rings is 1. The zero-order valence-corrected chi connectivity index (χ0v) is 11.4. The highest BCUT2D eigenvalue weighted by atomic mass is 16.5. The molecule has 1 saturated heterocycles. The van der Waals surface area contributed by atoms with Crippen LogP contribution in [0.3, 0.4) is 0 Å². The number of morpholine rings is 1. The topological polar surface area (TPSA) is 38.8 Å². The number of carbonyl (C=O) groups excluding carboxylic acids is 1. The van der Waals surface area contributed by atoms with Gasteiger partial charge in [-0.15, -0.1) is 0 Å². The Bertz CT molecular complexity index is 394. The standard InChI is InChI=1S/C15H21NO3/c1-18-15(17)14-12-19-11-10-16(14)9-5-8-13-6-3-2-4-7-13/h2-4,6-7,14H,5,8-12H2,1H3. The van der Waals surface area contributed by atoms with Gasteiger partial charge in [-0.05, 0) is 24.9 Å². The highest BCUT2D eigenvalue weighted by Crippen LogP contribution is 2.11. The predicted molar refractivity (Wildman–Crippen MR) is 73.0 cm³/mol. The predicted octanol–water partition coefficient (Wildman–Crippen LogP) is 1.49. The maximum Gasteiger partial charge on any atom is 0.325 e. The number of esters is 1. The molecule has 0 bridgehead atoms. The van der Waals surface area contributed by atoms with Crippen LogP contribution in [0.2, 0.25) is 0 Å². The molecule has 1 aromatic rings. The SMILES string of the molecule is COC(=O)C1COCCN1CCCc1ccccc1. The fourth-order valence-electron chi connectivity index (χ4n) is 2.39. The molecule has 0 N–H and O–H groups in total. The van der Waals surface area contributed by atoms with Crippen molar-refractivity contribution in [3.8, 4) is 0 Å². The summed E-state index contributed by atoms with van der Waals surface area (Å²) in [7, 11) is 1.43. The molecule has 0 aromatic heterocycles. The van der Waals surface area contributed by atoms with Crippen LogP contribution >= 0.6 is 0 Å². The van der Waals surface area contributed by atoms with Gasteiger partial charge in [0.25, 0.3) is 0 Å². The third-order valence-corrected chi connectivity index (χ3v) is 3.47. The number of hydrogen-bond acceptors (Lipinski definition) is 4. The third kappa shape index (κ3) is 4.04. The highest BCUT2D eigenvalue weighted by molar-refractivity contribution is 5.75. The van der Waals surface area contributed by atoms with Crippen LogP contribution in [-0.4, -0.2) is 50.3 Å². The van der Waals surface area contributed by atoms with E-state index >= 15 is 0 Å². The maximum absolute atomic E-state index is 11.7. The summed E-state index contributed by atoms with van der Waals surface area (Å²) in [6.45, 7) is 2.84. The third-order valence-electron chi connectivity index (χ3n) is 3.47. The molecule has 1 aromatic carbocycles. The van der Waals surface area contributed by atoms with Crippen LogP contribution < -0.4 is 0 Å². The van der Waals surface area contributed by atoms with E-state index in [-0.39, 0.29) is 12.0 Å². The summed E-state index contributed by atoms with van der Waals surface area (Å²) in [6.07, 6.45) is 2.07. The van der Waals surface area contributed by atoms with Crippen LogP contribution in [0.15, 0.2) is 30.3 Å². The quantitative estimate of drug-likeness (QED) is 0.755. The van der Waals surface area contributed by atoms with Gasteiger partial charge in [0.05, 0.1) is 20.3 Å². The van der Waals surface area contributed by atoms with Gasteiger partial charge in [-0.25, -0.2) is 0 Å². The summed E-state index contributed by atoms with van der Waals surface area (Å²) in [6, 6.07) is 10.2. The van der Waals surface area contributed by atoms with Crippen LogP contribution in [0, 0.1) is 0 Å². The molecule has 4 nitrogen and oxygen atoms in total. The summed E-state index contributed by atoms with van der Waals surface area (Å²) in [5, 5.41) is 0. The molecule has 1 aliphatic rings. The van der Waals surface area contributed by atoms with Gasteiger partial charge in [-0.2, -0.15) is 0 Å². The summed E-state index contributed by atoms with van der Waals surface area (Å²) >= 11 is 0. The Morgan fingerprint density at radius 1 is 1.42 bits per heavy atom. The van der Waals surface area contributed by atoms with Crippen LogP contribution in [-0.2, 0) is 20.7 Å². The van der Waals surface area contributed by atoms with E-state index in [0.717, 1.165) is 25.9 Å². The van der Waals surface area contributed by atoms with Gasteiger partial charge in [-0.1, -0.05) is 30.3 Å². The molecule has 2 rings (SSSR count). The van der Waals surface area contributed by atoms with Crippen molar-refractivity contribution in [2.24, 2.45) is 0 Å². The molecule has 104 valence electrons. The van der Waals surface area contributed by atoms with Crippen LogP contribution in [0.25, 0.3) is 0 Å². The van der Waals surface area contributed by atoms with Gasteiger partial charge in [-0.3, -0.25) is 9.69 Å². The first-order valence-electron chi connectivity index (χ1n) is 6.75. The van der Waals surface area contributed by atoms with E-state index in [0.29, 0.717) is 13.2 Å². The number of methoxy groups -OCH3 is 1. The van der Waals surface area contributed by atoms with E-state index in [1.54, 1.807) is 0 Å². The van der Waals surface area contributed by atoms with Crippen molar-refractivity contribution in [3.63, 3.8) is 0 Å². The second-order valence-electron chi connectivity index (χ2n) is 4.74. The lowest BCUT2D eigenvalue weighted by molar-refractivity contribution is -0.153. The Balaban J connectivity index is 1.81. The average molecular weight is 263 g/mol. The Morgan fingerprint density at radius 3 is 2.95 bits per heavy atom. The monoisotopic (exact) mass is 263 g/mol. The number of rotatable bonds is 5. The molecule has 4 heteroatoms. The second-order valence-corrected chi connectivity index (χ2v) is 4.74. The lowest BCUT2D eigenvalue weighted by Crippen LogP contribution is -2.50. The van der Waals surface area contributed by atoms with Crippen molar-refractivity contribution in [3.05, 3.63) is 35.9 Å². The summed E-state index contributed by atoms with van der Waals surface area (Å²) in [4.78, 5) is 13.8. The summed E-state index contributed by atoms with van der Waals surface area (Å²) < 4.78 is 10.2. The minimum atomic E-state index is -0.241. The first kappa shape index (κ1) is 14.0. The Kier molecular flexibility index (Phi) is 5.36. The molecule has 0 aliphatic carbocycles. The molecule has 1 fully saturated rings. The van der Waals surface area contributed by atoms with E-state index in [1.165, 1.54) is 12.7 Å². The molecule has 1 unspecified atom stereocenters. The summed E-state index contributed by atoms with van der Waals surface area (Å²) in [5.41, 5.74) is 1.34. The molecule has 0 amide bonds. The highest BCUT2D eigenvalue weighted by Gasteiger charge is 2.29. The van der Waals surface area contributed by atoms with Crippen LogP contribution in [0.1, 0.15) is 12.0 Å². The minimum absolute atomic E-state index is 0.195. The number of hydrogen-bond donors (Lipinski definition) is 0. The van der Waals surface area contributed by atoms with E-state index in [1.807, 2.05) is 6.07 Å². The normalized spacial score (nSPS) is 20.2. The van der Waals surface area contributed by atoms with E-state index in [2.05, 4.69) is 29.2 Å². The minimum Gasteiger partial charge on any atom is -0.468 e. The van der Waals surface area contributed by atoms with Gasteiger partial charge in [0, 0.05) is 6.54 Å². The zero-order chi connectivity index (χ0) is 13.5. The zero-order valence-electron chi connectivity index (χ0n) is 11.4. The molecule has 0 saturated carbocycles. The lowest BCUT2D eigenvalue weighted by atomic mass is 10.1. The van der Waals surface area contributed by atoms with Crippen molar-refractivity contribution >= 4 is 5.97 Å². The van der Waals surface area contributed by atoms with Crippen molar-refractivity contribution in [1.82, 2.24) is 4.90 Å². The smallest absolute Gasteiger partial charge is 0.325 e. The van der Waals surface area contributed by atoms with Gasteiger partial charge in [0.2, 0.25) is 0 Å². The van der Waals surface area contributed by atoms with Gasteiger partial charge in [0.1, 0.15) is 6.04 Å². The van der Waals surface area contributed by atoms with E-state index < -0.39 is 0 Å².